The van der Waals surface area contributed by atoms with Gasteiger partial charge in [-0.2, -0.15) is 0 Å². The molecule has 0 fully saturated rings. The Morgan fingerprint density at radius 2 is 2.33 bits per heavy atom. The van der Waals surface area contributed by atoms with E-state index >= 15 is 0 Å². The number of pyridine rings is 1. The van der Waals surface area contributed by atoms with Crippen molar-refractivity contribution in [2.75, 3.05) is 24.2 Å². The van der Waals surface area contributed by atoms with Crippen molar-refractivity contribution in [3.05, 3.63) is 17.8 Å². The van der Waals surface area contributed by atoms with Crippen LogP contribution in [0.15, 0.2) is 12.1 Å². The summed E-state index contributed by atoms with van der Waals surface area (Å²) in [5, 5.41) is 11.5. The molecule has 0 bridgehead atoms. The molecule has 1 aromatic rings. The molecule has 0 saturated carbocycles. The third-order valence-corrected chi connectivity index (χ3v) is 1.47. The van der Waals surface area contributed by atoms with Crippen molar-refractivity contribution in [2.24, 2.45) is 0 Å². The van der Waals surface area contributed by atoms with Gasteiger partial charge < -0.3 is 16.2 Å². The van der Waals surface area contributed by atoms with Crippen molar-refractivity contribution in [1.29, 1.82) is 0 Å². The first-order chi connectivity index (χ1) is 5.74. The Kier molecular flexibility index (Phi) is 2.88. The number of aliphatic hydroxyl groups is 1. The zero-order valence-electron chi connectivity index (χ0n) is 7.04. The normalized spacial score (nSPS) is 9.83. The lowest BCUT2D eigenvalue weighted by atomic mass is 10.3. The van der Waals surface area contributed by atoms with Crippen LogP contribution in [0.2, 0.25) is 0 Å². The highest BCUT2D eigenvalue weighted by molar-refractivity contribution is 5.61. The Balaban J connectivity index is 2.75. The first-order valence-electron chi connectivity index (χ1n) is 3.82. The Morgan fingerprint density at radius 3 is 3.00 bits per heavy atom. The highest BCUT2D eigenvalue weighted by atomic mass is 16.3. The molecule has 1 aromatic heterocycles. The lowest BCUT2D eigenvalue weighted by molar-refractivity contribution is 0.311. The second kappa shape index (κ2) is 3.92. The summed E-state index contributed by atoms with van der Waals surface area (Å²) in [6.45, 7) is 2.44. The molecular weight excluding hydrogens is 154 g/mol. The highest BCUT2D eigenvalue weighted by Crippen LogP contribution is 2.14. The summed E-state index contributed by atoms with van der Waals surface area (Å²) in [6.07, 6.45) is 0. The maximum Gasteiger partial charge on any atom is 0.149 e. The van der Waals surface area contributed by atoms with Gasteiger partial charge in [-0.25, -0.2) is 4.98 Å². The van der Waals surface area contributed by atoms with E-state index in [1.54, 1.807) is 6.07 Å². The number of nitrogens with one attached hydrogen (secondary N) is 1. The van der Waals surface area contributed by atoms with Crippen LogP contribution in [0.5, 0.6) is 0 Å². The summed E-state index contributed by atoms with van der Waals surface area (Å²) in [4.78, 5) is 4.16. The van der Waals surface area contributed by atoms with E-state index in [1.807, 2.05) is 13.0 Å². The van der Waals surface area contributed by atoms with Gasteiger partial charge in [0, 0.05) is 12.2 Å². The fraction of sp³-hybridized carbons (Fsp3) is 0.375. The van der Waals surface area contributed by atoms with Gasteiger partial charge in [0.25, 0.3) is 0 Å². The summed E-state index contributed by atoms with van der Waals surface area (Å²) in [7, 11) is 0. The van der Waals surface area contributed by atoms with Crippen LogP contribution >= 0.6 is 0 Å². The standard InChI is InChI=1S/C8H13N3O/c1-6-2-3-7(9)8(11-6)10-4-5-12/h2-3,12H,4-5,9H2,1H3,(H,10,11). The second-order valence-electron chi connectivity index (χ2n) is 2.54. The summed E-state index contributed by atoms with van der Waals surface area (Å²) in [5.74, 6) is 0.643. The van der Waals surface area contributed by atoms with Gasteiger partial charge in [0.05, 0.1) is 12.3 Å². The largest absolute Gasteiger partial charge is 0.396 e. The highest BCUT2D eigenvalue weighted by Gasteiger charge is 1.98. The maximum atomic E-state index is 8.56. The Labute approximate surface area is 71.4 Å². The molecule has 66 valence electrons. The minimum absolute atomic E-state index is 0.0784. The molecule has 0 radical (unpaired) electrons. The summed E-state index contributed by atoms with van der Waals surface area (Å²) < 4.78 is 0. The summed E-state index contributed by atoms with van der Waals surface area (Å²) in [5.41, 5.74) is 7.14. The van der Waals surface area contributed by atoms with Crippen molar-refractivity contribution >= 4 is 11.5 Å². The molecule has 1 rings (SSSR count). The number of nitrogens with zero attached hydrogens (tertiary/aromatic N) is 1. The Morgan fingerprint density at radius 1 is 1.58 bits per heavy atom. The van der Waals surface area contributed by atoms with Crippen LogP contribution in [0, 0.1) is 6.92 Å². The molecule has 4 N–H and O–H groups in total. The fourth-order valence-corrected chi connectivity index (χ4v) is 0.883. The zero-order chi connectivity index (χ0) is 8.97. The molecular formula is C8H13N3O. The monoisotopic (exact) mass is 167 g/mol. The number of rotatable bonds is 3. The number of aliphatic hydroxyl groups excluding tert-OH is 1. The van der Waals surface area contributed by atoms with Crippen molar-refractivity contribution in [3.63, 3.8) is 0 Å². The molecule has 1 heterocycles. The topological polar surface area (TPSA) is 71.2 Å². The number of anilines is 2. The molecule has 0 amide bonds. The molecule has 0 aliphatic heterocycles. The third kappa shape index (κ3) is 2.10. The van der Waals surface area contributed by atoms with Crippen LogP contribution in [0.1, 0.15) is 5.69 Å². The van der Waals surface area contributed by atoms with Crippen LogP contribution in [0.3, 0.4) is 0 Å². The molecule has 0 saturated heterocycles. The summed E-state index contributed by atoms with van der Waals surface area (Å²) >= 11 is 0. The molecule has 0 atom stereocenters. The van der Waals surface area contributed by atoms with E-state index in [1.165, 1.54) is 0 Å². The van der Waals surface area contributed by atoms with E-state index in [-0.39, 0.29) is 6.61 Å². The molecule has 0 unspecified atom stereocenters. The van der Waals surface area contributed by atoms with Gasteiger partial charge in [-0.1, -0.05) is 0 Å². The fourth-order valence-electron chi connectivity index (χ4n) is 0.883. The van der Waals surface area contributed by atoms with Gasteiger partial charge >= 0.3 is 0 Å². The molecule has 0 spiro atoms. The van der Waals surface area contributed by atoms with Gasteiger partial charge in [-0.05, 0) is 19.1 Å². The van der Waals surface area contributed by atoms with Crippen molar-refractivity contribution in [3.8, 4) is 0 Å². The van der Waals surface area contributed by atoms with E-state index in [0.29, 0.717) is 18.1 Å². The average molecular weight is 167 g/mol. The van der Waals surface area contributed by atoms with Crippen LogP contribution in [-0.4, -0.2) is 23.2 Å². The molecule has 0 aliphatic rings. The lowest BCUT2D eigenvalue weighted by Crippen LogP contribution is -2.09. The van der Waals surface area contributed by atoms with E-state index in [0.717, 1.165) is 5.69 Å². The van der Waals surface area contributed by atoms with Crippen molar-refractivity contribution in [1.82, 2.24) is 4.98 Å². The van der Waals surface area contributed by atoms with Gasteiger partial charge in [-0.3, -0.25) is 0 Å². The smallest absolute Gasteiger partial charge is 0.149 e. The minimum atomic E-state index is 0.0784. The van der Waals surface area contributed by atoms with Gasteiger partial charge in [-0.15, -0.1) is 0 Å². The molecule has 0 aliphatic carbocycles. The number of hydrogen-bond acceptors (Lipinski definition) is 4. The Hall–Kier alpha value is -1.29. The molecule has 4 nitrogen and oxygen atoms in total. The van der Waals surface area contributed by atoms with Crippen LogP contribution in [0.25, 0.3) is 0 Å². The van der Waals surface area contributed by atoms with Crippen LogP contribution in [0.4, 0.5) is 11.5 Å². The number of aromatic nitrogens is 1. The van der Waals surface area contributed by atoms with Gasteiger partial charge in [0.15, 0.2) is 0 Å². The van der Waals surface area contributed by atoms with E-state index in [9.17, 15) is 0 Å². The first kappa shape index (κ1) is 8.80. The summed E-state index contributed by atoms with van der Waals surface area (Å²) in [6, 6.07) is 3.64. The SMILES string of the molecule is Cc1ccc(N)c(NCCO)n1. The van der Waals surface area contributed by atoms with Gasteiger partial charge in [0.1, 0.15) is 5.82 Å². The van der Waals surface area contributed by atoms with E-state index in [4.69, 9.17) is 10.8 Å². The van der Waals surface area contributed by atoms with Crippen molar-refractivity contribution in [2.45, 2.75) is 6.92 Å². The average Bonchev–Trinajstić information content (AvgIpc) is 2.07. The van der Waals surface area contributed by atoms with Crippen molar-refractivity contribution < 1.29 is 5.11 Å². The minimum Gasteiger partial charge on any atom is -0.396 e. The molecule has 0 aromatic carbocycles. The predicted octanol–water partition coefficient (Wildman–Crippen LogP) is 0.376. The first-order valence-corrected chi connectivity index (χ1v) is 3.82. The maximum absolute atomic E-state index is 8.56. The van der Waals surface area contributed by atoms with Gasteiger partial charge in [0.2, 0.25) is 0 Å². The predicted molar refractivity (Wildman–Crippen MR) is 49.0 cm³/mol. The quantitative estimate of drug-likeness (QED) is 0.608. The van der Waals surface area contributed by atoms with Crippen LogP contribution in [-0.2, 0) is 0 Å². The number of nitrogen functional groups attached to an aromatic ring is 1. The lowest BCUT2D eigenvalue weighted by Gasteiger charge is -2.06. The van der Waals surface area contributed by atoms with Crippen LogP contribution < -0.4 is 11.1 Å². The van der Waals surface area contributed by atoms with E-state index < -0.39 is 0 Å². The number of aryl methyl sites for hydroxylation is 1. The molecule has 12 heavy (non-hydrogen) atoms. The number of nitrogens with two attached hydrogens (primary N) is 1. The third-order valence-electron chi connectivity index (χ3n) is 1.47. The number of hydrogen-bond donors (Lipinski definition) is 3. The molecule has 4 heteroatoms. The Bertz CT molecular complexity index is 262. The second-order valence-corrected chi connectivity index (χ2v) is 2.54. The zero-order valence-corrected chi connectivity index (χ0v) is 7.04. The van der Waals surface area contributed by atoms with E-state index in [2.05, 4.69) is 10.3 Å².